The third-order valence-corrected chi connectivity index (χ3v) is 2.25. The van der Waals surface area contributed by atoms with Crippen molar-refractivity contribution in [2.75, 3.05) is 11.5 Å². The second-order valence-electron chi connectivity index (χ2n) is 3.10. The van der Waals surface area contributed by atoms with Gasteiger partial charge in [0.05, 0.1) is 0 Å². The molecule has 1 nitrogen and oxygen atoms in total. The van der Waals surface area contributed by atoms with Crippen LogP contribution in [0, 0.1) is 13.8 Å². The highest BCUT2D eigenvalue weighted by molar-refractivity contribution is 7.80. The number of nitrogen functional groups attached to an aromatic ring is 1. The van der Waals surface area contributed by atoms with Crippen LogP contribution in [0.15, 0.2) is 12.1 Å². The van der Waals surface area contributed by atoms with Gasteiger partial charge in [0.15, 0.2) is 0 Å². The second kappa shape index (κ2) is 3.85. The van der Waals surface area contributed by atoms with E-state index < -0.39 is 0 Å². The molecule has 1 aromatic carbocycles. The molecule has 2 heteroatoms. The smallest absolute Gasteiger partial charge is 0.0373 e. The summed E-state index contributed by atoms with van der Waals surface area (Å²) >= 11 is 4.92. The Bertz CT molecular complexity index is 258. The van der Waals surface area contributed by atoms with Crippen molar-refractivity contribution in [3.8, 4) is 0 Å². The molecule has 0 saturated carbocycles. The Morgan fingerprint density at radius 2 is 1.75 bits per heavy atom. The summed E-state index contributed by atoms with van der Waals surface area (Å²) in [5.41, 5.74) is 10.3. The van der Waals surface area contributed by atoms with Gasteiger partial charge in [-0.15, -0.1) is 0 Å². The average Bonchev–Trinajstić information content (AvgIpc) is 2.01. The van der Waals surface area contributed by atoms with Crippen LogP contribution >= 0.6 is 12.6 Å². The molecule has 0 unspecified atom stereocenters. The Labute approximate surface area is 79.4 Å². The van der Waals surface area contributed by atoms with E-state index in [0.29, 0.717) is 0 Å². The van der Waals surface area contributed by atoms with Gasteiger partial charge in [0.2, 0.25) is 0 Å². The highest BCUT2D eigenvalue weighted by Gasteiger charge is 2.00. The van der Waals surface area contributed by atoms with Crippen LogP contribution in [-0.2, 0) is 6.42 Å². The molecule has 0 aliphatic heterocycles. The van der Waals surface area contributed by atoms with Gasteiger partial charge >= 0.3 is 0 Å². The first-order chi connectivity index (χ1) is 5.65. The fourth-order valence-corrected chi connectivity index (χ4v) is 1.56. The molecular formula is C10H14NS. The molecule has 0 heterocycles. The Kier molecular flexibility index (Phi) is 3.04. The Hall–Kier alpha value is -0.630. The molecule has 0 atom stereocenters. The van der Waals surface area contributed by atoms with E-state index in [1.807, 2.05) is 13.8 Å². The van der Waals surface area contributed by atoms with Crippen LogP contribution in [0.4, 0.5) is 5.69 Å². The number of rotatable bonds is 2. The SMILES string of the molecule is Cc1cc(CC[S])cc(C)c1N. The van der Waals surface area contributed by atoms with Gasteiger partial charge in [-0.1, -0.05) is 24.8 Å². The van der Waals surface area contributed by atoms with Crippen LogP contribution in [0.25, 0.3) is 0 Å². The third kappa shape index (κ3) is 1.95. The summed E-state index contributed by atoms with van der Waals surface area (Å²) in [4.78, 5) is 0. The molecule has 0 spiro atoms. The number of benzene rings is 1. The Morgan fingerprint density at radius 1 is 1.25 bits per heavy atom. The maximum atomic E-state index is 5.82. The molecular weight excluding hydrogens is 166 g/mol. The van der Waals surface area contributed by atoms with E-state index in [1.165, 1.54) is 5.56 Å². The minimum Gasteiger partial charge on any atom is -0.398 e. The van der Waals surface area contributed by atoms with Crippen molar-refractivity contribution in [2.45, 2.75) is 20.3 Å². The van der Waals surface area contributed by atoms with Crippen LogP contribution < -0.4 is 5.73 Å². The third-order valence-electron chi connectivity index (χ3n) is 2.04. The van der Waals surface area contributed by atoms with Crippen LogP contribution in [0.3, 0.4) is 0 Å². The lowest BCUT2D eigenvalue weighted by Crippen LogP contribution is -1.96. The molecule has 1 radical (unpaired) electrons. The maximum absolute atomic E-state index is 5.82. The summed E-state index contributed by atoms with van der Waals surface area (Å²) in [6.45, 7) is 4.07. The molecule has 2 N–H and O–H groups in total. The quantitative estimate of drug-likeness (QED) is 0.696. The van der Waals surface area contributed by atoms with E-state index in [0.717, 1.165) is 29.0 Å². The summed E-state index contributed by atoms with van der Waals surface area (Å²) in [6, 6.07) is 4.24. The molecule has 0 aliphatic rings. The zero-order valence-corrected chi connectivity index (χ0v) is 8.37. The van der Waals surface area contributed by atoms with Crippen LogP contribution in [-0.4, -0.2) is 5.75 Å². The molecule has 0 amide bonds. The molecule has 0 fully saturated rings. The van der Waals surface area contributed by atoms with E-state index in [-0.39, 0.29) is 0 Å². The first-order valence-electron chi connectivity index (χ1n) is 4.09. The zero-order chi connectivity index (χ0) is 9.14. The zero-order valence-electron chi connectivity index (χ0n) is 7.55. The number of hydrogen-bond donors (Lipinski definition) is 1. The number of aryl methyl sites for hydroxylation is 3. The van der Waals surface area contributed by atoms with Crippen LogP contribution in [0.2, 0.25) is 0 Å². The van der Waals surface area contributed by atoms with Crippen molar-refractivity contribution < 1.29 is 0 Å². The number of hydrogen-bond acceptors (Lipinski definition) is 1. The van der Waals surface area contributed by atoms with E-state index in [9.17, 15) is 0 Å². The minimum atomic E-state index is 0.781. The normalized spacial score (nSPS) is 10.2. The summed E-state index contributed by atoms with van der Waals surface area (Å²) in [5.74, 6) is 0.781. The summed E-state index contributed by atoms with van der Waals surface area (Å²) < 4.78 is 0. The molecule has 1 rings (SSSR count). The van der Waals surface area contributed by atoms with Crippen molar-refractivity contribution in [1.29, 1.82) is 0 Å². The predicted molar refractivity (Wildman–Crippen MR) is 56.5 cm³/mol. The van der Waals surface area contributed by atoms with Crippen LogP contribution in [0.5, 0.6) is 0 Å². The van der Waals surface area contributed by atoms with Gasteiger partial charge in [0, 0.05) is 11.4 Å². The largest absolute Gasteiger partial charge is 0.398 e. The first-order valence-corrected chi connectivity index (χ1v) is 4.66. The van der Waals surface area contributed by atoms with Crippen molar-refractivity contribution in [3.05, 3.63) is 28.8 Å². The first kappa shape index (κ1) is 9.46. The highest BCUT2D eigenvalue weighted by Crippen LogP contribution is 2.18. The minimum absolute atomic E-state index is 0.781. The van der Waals surface area contributed by atoms with Crippen LogP contribution in [0.1, 0.15) is 16.7 Å². The molecule has 0 aromatic heterocycles. The number of anilines is 1. The molecule has 12 heavy (non-hydrogen) atoms. The lowest BCUT2D eigenvalue weighted by Gasteiger charge is -2.07. The van der Waals surface area contributed by atoms with Gasteiger partial charge in [-0.3, -0.25) is 0 Å². The van der Waals surface area contributed by atoms with Crippen molar-refractivity contribution in [1.82, 2.24) is 0 Å². The van der Waals surface area contributed by atoms with Gasteiger partial charge in [-0.25, -0.2) is 0 Å². The topological polar surface area (TPSA) is 26.0 Å². The standard InChI is InChI=1S/C10H14NS/c1-7-5-9(3-4-12)6-8(2)10(7)11/h5-6H,3-4,11H2,1-2H3. The highest BCUT2D eigenvalue weighted by atomic mass is 32.1. The summed E-state index contributed by atoms with van der Waals surface area (Å²) in [6.07, 6.45) is 0.970. The second-order valence-corrected chi connectivity index (χ2v) is 3.51. The van der Waals surface area contributed by atoms with Gasteiger partial charge in [0.25, 0.3) is 0 Å². The van der Waals surface area contributed by atoms with Gasteiger partial charge in [0.1, 0.15) is 0 Å². The lowest BCUT2D eigenvalue weighted by atomic mass is 10.0. The molecule has 1 aromatic rings. The van der Waals surface area contributed by atoms with Crippen molar-refractivity contribution in [3.63, 3.8) is 0 Å². The summed E-state index contributed by atoms with van der Waals surface area (Å²) in [7, 11) is 0. The Morgan fingerprint density at radius 3 is 2.17 bits per heavy atom. The van der Waals surface area contributed by atoms with E-state index in [4.69, 9.17) is 18.4 Å². The molecule has 0 bridgehead atoms. The summed E-state index contributed by atoms with van der Waals surface area (Å²) in [5, 5.41) is 0. The van der Waals surface area contributed by atoms with E-state index >= 15 is 0 Å². The monoisotopic (exact) mass is 180 g/mol. The van der Waals surface area contributed by atoms with Gasteiger partial charge in [-0.05, 0) is 37.0 Å². The van der Waals surface area contributed by atoms with E-state index in [1.54, 1.807) is 0 Å². The Balaban J connectivity index is 3.04. The molecule has 65 valence electrons. The average molecular weight is 180 g/mol. The van der Waals surface area contributed by atoms with Gasteiger partial charge in [-0.2, -0.15) is 0 Å². The van der Waals surface area contributed by atoms with Crippen molar-refractivity contribution >= 4 is 18.3 Å². The molecule has 0 aliphatic carbocycles. The number of nitrogens with two attached hydrogens (primary N) is 1. The molecule has 0 saturated heterocycles. The van der Waals surface area contributed by atoms with Crippen molar-refractivity contribution in [2.24, 2.45) is 0 Å². The fraction of sp³-hybridized carbons (Fsp3) is 0.400. The van der Waals surface area contributed by atoms with Gasteiger partial charge < -0.3 is 5.73 Å². The lowest BCUT2D eigenvalue weighted by molar-refractivity contribution is 1.14. The van der Waals surface area contributed by atoms with E-state index in [2.05, 4.69) is 12.1 Å². The maximum Gasteiger partial charge on any atom is 0.0373 e. The fourth-order valence-electron chi connectivity index (χ4n) is 1.33. The predicted octanol–water partition coefficient (Wildman–Crippen LogP) is 2.63.